The third kappa shape index (κ3) is 4.33. The van der Waals surface area contributed by atoms with Crippen LogP contribution in [0.5, 0.6) is 0 Å². The van der Waals surface area contributed by atoms with Crippen LogP contribution >= 0.6 is 11.6 Å². The van der Waals surface area contributed by atoms with Gasteiger partial charge in [0, 0.05) is 29.3 Å². The summed E-state index contributed by atoms with van der Waals surface area (Å²) in [4.78, 5) is 20.8. The van der Waals surface area contributed by atoms with Crippen LogP contribution < -0.4 is 10.6 Å². The lowest BCUT2D eigenvalue weighted by Gasteiger charge is -2.10. The first-order valence-corrected chi connectivity index (χ1v) is 8.16. The van der Waals surface area contributed by atoms with E-state index in [1.165, 1.54) is 6.20 Å². The molecule has 6 heteroatoms. The van der Waals surface area contributed by atoms with Crippen molar-refractivity contribution in [3.63, 3.8) is 0 Å². The third-order valence-electron chi connectivity index (χ3n) is 3.72. The lowest BCUT2D eigenvalue weighted by molar-refractivity contribution is 0.102. The number of benzene rings is 1. The van der Waals surface area contributed by atoms with E-state index in [0.29, 0.717) is 22.8 Å². The molecule has 126 valence electrons. The Morgan fingerprint density at radius 2 is 2.04 bits per heavy atom. The van der Waals surface area contributed by atoms with E-state index in [1.807, 2.05) is 31.2 Å². The van der Waals surface area contributed by atoms with Gasteiger partial charge >= 0.3 is 0 Å². The van der Waals surface area contributed by atoms with Crippen LogP contribution in [0, 0.1) is 6.92 Å². The molecule has 0 saturated carbocycles. The predicted molar refractivity (Wildman–Crippen MR) is 99.9 cm³/mol. The molecule has 25 heavy (non-hydrogen) atoms. The van der Waals surface area contributed by atoms with Gasteiger partial charge in [0.25, 0.3) is 5.91 Å². The fourth-order valence-electron chi connectivity index (χ4n) is 2.29. The zero-order chi connectivity index (χ0) is 17.6. The fraction of sp³-hybridized carbons (Fsp3) is 0.105. The summed E-state index contributed by atoms with van der Waals surface area (Å²) in [6, 6.07) is 12.9. The highest BCUT2D eigenvalue weighted by molar-refractivity contribution is 6.31. The minimum Gasteiger partial charge on any atom is -0.378 e. The lowest BCUT2D eigenvalue weighted by atomic mass is 10.2. The van der Waals surface area contributed by atoms with E-state index in [9.17, 15) is 4.79 Å². The highest BCUT2D eigenvalue weighted by Gasteiger charge is 2.10. The predicted octanol–water partition coefficient (Wildman–Crippen LogP) is 4.30. The summed E-state index contributed by atoms with van der Waals surface area (Å²) in [5.74, 6) is -0.237. The molecule has 0 unspecified atom stereocenters. The van der Waals surface area contributed by atoms with Crippen molar-refractivity contribution in [2.45, 2.75) is 13.5 Å². The number of aromatic nitrogens is 2. The average Bonchev–Trinajstić information content (AvgIpc) is 2.65. The summed E-state index contributed by atoms with van der Waals surface area (Å²) in [7, 11) is 0. The van der Waals surface area contributed by atoms with Crippen molar-refractivity contribution in [1.82, 2.24) is 9.97 Å². The minimum absolute atomic E-state index is 0.237. The summed E-state index contributed by atoms with van der Waals surface area (Å²) in [6.07, 6.45) is 4.94. The topological polar surface area (TPSA) is 66.9 Å². The van der Waals surface area contributed by atoms with Gasteiger partial charge in [0.05, 0.1) is 23.5 Å². The molecule has 0 saturated heterocycles. The molecule has 0 aliphatic heterocycles. The molecule has 1 aromatic carbocycles. The van der Waals surface area contributed by atoms with Crippen LogP contribution in [-0.2, 0) is 6.54 Å². The Bertz CT molecular complexity index is 884. The van der Waals surface area contributed by atoms with E-state index in [2.05, 4.69) is 20.6 Å². The van der Waals surface area contributed by atoms with Crippen molar-refractivity contribution in [3.05, 3.63) is 82.9 Å². The first-order chi connectivity index (χ1) is 12.1. The maximum Gasteiger partial charge on any atom is 0.257 e. The Morgan fingerprint density at radius 3 is 2.84 bits per heavy atom. The van der Waals surface area contributed by atoms with Crippen LogP contribution in [-0.4, -0.2) is 15.9 Å². The SMILES string of the molecule is Cc1c(Cl)cccc1NC(=O)c1cncc(NCc2ccccn2)c1. The van der Waals surface area contributed by atoms with Gasteiger partial charge in [0.2, 0.25) is 0 Å². The van der Waals surface area contributed by atoms with Crippen LogP contribution in [0.4, 0.5) is 11.4 Å². The quantitative estimate of drug-likeness (QED) is 0.718. The number of amides is 1. The Morgan fingerprint density at radius 1 is 1.16 bits per heavy atom. The fourth-order valence-corrected chi connectivity index (χ4v) is 2.47. The first kappa shape index (κ1) is 16.9. The number of carbonyl (C=O) groups is 1. The highest BCUT2D eigenvalue weighted by Crippen LogP contribution is 2.23. The monoisotopic (exact) mass is 352 g/mol. The van der Waals surface area contributed by atoms with E-state index in [1.54, 1.807) is 30.6 Å². The number of nitrogens with one attached hydrogen (secondary N) is 2. The zero-order valence-corrected chi connectivity index (χ0v) is 14.4. The van der Waals surface area contributed by atoms with Gasteiger partial charge in [-0.3, -0.25) is 14.8 Å². The number of hydrogen-bond acceptors (Lipinski definition) is 4. The van der Waals surface area contributed by atoms with Gasteiger partial charge < -0.3 is 10.6 Å². The van der Waals surface area contributed by atoms with Crippen molar-refractivity contribution in [1.29, 1.82) is 0 Å². The normalized spacial score (nSPS) is 10.3. The highest BCUT2D eigenvalue weighted by atomic mass is 35.5. The van der Waals surface area contributed by atoms with Crippen molar-refractivity contribution >= 4 is 28.9 Å². The van der Waals surface area contributed by atoms with Gasteiger partial charge in [-0.25, -0.2) is 0 Å². The Hall–Kier alpha value is -2.92. The second-order valence-electron chi connectivity index (χ2n) is 5.50. The average molecular weight is 353 g/mol. The summed E-state index contributed by atoms with van der Waals surface area (Å²) in [5.41, 5.74) is 3.64. The number of anilines is 2. The second kappa shape index (κ2) is 7.77. The molecule has 0 bridgehead atoms. The summed E-state index contributed by atoms with van der Waals surface area (Å²) in [5, 5.41) is 6.69. The first-order valence-electron chi connectivity index (χ1n) is 7.79. The Balaban J connectivity index is 1.70. The summed E-state index contributed by atoms with van der Waals surface area (Å²) in [6.45, 7) is 2.42. The van der Waals surface area contributed by atoms with E-state index in [4.69, 9.17) is 11.6 Å². The van der Waals surface area contributed by atoms with Crippen molar-refractivity contribution in [3.8, 4) is 0 Å². The molecular formula is C19H17ClN4O. The van der Waals surface area contributed by atoms with Gasteiger partial charge in [0.15, 0.2) is 0 Å². The van der Waals surface area contributed by atoms with Crippen molar-refractivity contribution in [2.24, 2.45) is 0 Å². The molecule has 0 radical (unpaired) electrons. The number of nitrogens with zero attached hydrogens (tertiary/aromatic N) is 2. The molecular weight excluding hydrogens is 336 g/mol. The number of hydrogen-bond donors (Lipinski definition) is 2. The number of halogens is 1. The summed E-state index contributed by atoms with van der Waals surface area (Å²) >= 11 is 6.09. The van der Waals surface area contributed by atoms with E-state index in [-0.39, 0.29) is 5.91 Å². The molecule has 2 heterocycles. The molecule has 2 aromatic heterocycles. The molecule has 0 aliphatic rings. The molecule has 3 rings (SSSR count). The van der Waals surface area contributed by atoms with Crippen LogP contribution in [0.25, 0.3) is 0 Å². The minimum atomic E-state index is -0.237. The number of carbonyl (C=O) groups excluding carboxylic acids is 1. The van der Waals surface area contributed by atoms with Crippen LogP contribution in [0.1, 0.15) is 21.6 Å². The molecule has 0 aliphatic carbocycles. The van der Waals surface area contributed by atoms with Crippen LogP contribution in [0.15, 0.2) is 61.1 Å². The molecule has 2 N–H and O–H groups in total. The molecule has 1 amide bonds. The standard InChI is InChI=1S/C19H17ClN4O/c1-13-17(20)6-4-7-18(13)24-19(25)14-9-16(11-21-10-14)23-12-15-5-2-3-8-22-15/h2-11,23H,12H2,1H3,(H,24,25). The van der Waals surface area contributed by atoms with Crippen molar-refractivity contribution < 1.29 is 4.79 Å². The zero-order valence-electron chi connectivity index (χ0n) is 13.7. The molecule has 5 nitrogen and oxygen atoms in total. The largest absolute Gasteiger partial charge is 0.378 e. The molecule has 0 spiro atoms. The van der Waals surface area contributed by atoms with E-state index >= 15 is 0 Å². The maximum atomic E-state index is 12.5. The van der Waals surface area contributed by atoms with Crippen LogP contribution in [0.3, 0.4) is 0 Å². The van der Waals surface area contributed by atoms with Crippen molar-refractivity contribution in [2.75, 3.05) is 10.6 Å². The van der Waals surface area contributed by atoms with Crippen LogP contribution in [0.2, 0.25) is 5.02 Å². The van der Waals surface area contributed by atoms with Gasteiger partial charge in [-0.05, 0) is 42.8 Å². The van der Waals surface area contributed by atoms with Gasteiger partial charge in [-0.2, -0.15) is 0 Å². The van der Waals surface area contributed by atoms with E-state index < -0.39 is 0 Å². The Labute approximate surface area is 151 Å². The number of pyridine rings is 2. The van der Waals surface area contributed by atoms with Gasteiger partial charge in [-0.15, -0.1) is 0 Å². The van der Waals surface area contributed by atoms with Gasteiger partial charge in [0.1, 0.15) is 0 Å². The number of rotatable bonds is 5. The van der Waals surface area contributed by atoms with E-state index in [0.717, 1.165) is 16.9 Å². The summed E-state index contributed by atoms with van der Waals surface area (Å²) < 4.78 is 0. The van der Waals surface area contributed by atoms with Gasteiger partial charge in [-0.1, -0.05) is 23.7 Å². The molecule has 0 fully saturated rings. The smallest absolute Gasteiger partial charge is 0.257 e. The molecule has 0 atom stereocenters. The molecule has 3 aromatic rings. The third-order valence-corrected chi connectivity index (χ3v) is 4.13. The second-order valence-corrected chi connectivity index (χ2v) is 5.91. The Kier molecular flexibility index (Phi) is 5.26. The lowest BCUT2D eigenvalue weighted by Crippen LogP contribution is -2.13. The maximum absolute atomic E-state index is 12.5.